The van der Waals surface area contributed by atoms with Gasteiger partial charge in [0.2, 0.25) is 0 Å². The predicted molar refractivity (Wildman–Crippen MR) is 215 cm³/mol. The molecule has 2 unspecified atom stereocenters. The molecule has 3 nitrogen and oxygen atoms in total. The second kappa shape index (κ2) is 14.6. The van der Waals surface area contributed by atoms with Crippen LogP contribution in [0.15, 0.2) is 199 Å². The molecule has 0 fully saturated rings. The molecule has 248 valence electrons. The fraction of sp³-hybridized carbons (Fsp3) is 0.0612. The molecule has 7 aromatic carbocycles. The molecule has 0 amide bonds. The maximum atomic E-state index is 10.8. The van der Waals surface area contributed by atoms with Gasteiger partial charge in [0.15, 0.2) is 0 Å². The van der Waals surface area contributed by atoms with Crippen LogP contribution in [0, 0.1) is 11.3 Å². The van der Waals surface area contributed by atoms with E-state index in [2.05, 4.69) is 145 Å². The first-order valence-electron chi connectivity index (χ1n) is 17.7. The summed E-state index contributed by atoms with van der Waals surface area (Å²) in [5, 5.41) is 14.6. The van der Waals surface area contributed by atoms with Gasteiger partial charge in [0.25, 0.3) is 0 Å². The quantitative estimate of drug-likeness (QED) is 0.172. The summed E-state index contributed by atoms with van der Waals surface area (Å²) in [5.41, 5.74) is 13.3. The molecule has 0 saturated carbocycles. The van der Waals surface area contributed by atoms with Gasteiger partial charge in [-0.3, -0.25) is 4.99 Å². The van der Waals surface area contributed by atoms with Crippen LogP contribution < -0.4 is 5.32 Å². The minimum Gasteiger partial charge on any atom is -0.363 e. The fourth-order valence-electron chi connectivity index (χ4n) is 7.20. The molecule has 1 aliphatic rings. The molecule has 8 rings (SSSR count). The highest BCUT2D eigenvalue weighted by Crippen LogP contribution is 2.40. The van der Waals surface area contributed by atoms with E-state index in [1.54, 1.807) is 0 Å². The first kappa shape index (κ1) is 32.4. The number of nitrogens with one attached hydrogen (secondary N) is 1. The van der Waals surface area contributed by atoms with Gasteiger partial charge in [0, 0.05) is 5.56 Å². The molecule has 0 saturated heterocycles. The van der Waals surface area contributed by atoms with Crippen molar-refractivity contribution in [2.45, 2.75) is 18.5 Å². The van der Waals surface area contributed by atoms with E-state index in [0.29, 0.717) is 12.0 Å². The number of hydrogen-bond acceptors (Lipinski definition) is 3. The second-order valence-corrected chi connectivity index (χ2v) is 13.2. The van der Waals surface area contributed by atoms with Gasteiger partial charge >= 0.3 is 0 Å². The summed E-state index contributed by atoms with van der Waals surface area (Å²) in [4.78, 5) is 5.31. The Hall–Kier alpha value is -6.76. The molecular weight excluding hydrogens is 631 g/mol. The van der Waals surface area contributed by atoms with E-state index in [4.69, 9.17) is 4.99 Å². The van der Waals surface area contributed by atoms with Gasteiger partial charge in [-0.1, -0.05) is 164 Å². The lowest BCUT2D eigenvalue weighted by Gasteiger charge is -2.20. The van der Waals surface area contributed by atoms with E-state index in [0.717, 1.165) is 55.9 Å². The molecule has 52 heavy (non-hydrogen) atoms. The largest absolute Gasteiger partial charge is 0.363 e. The van der Waals surface area contributed by atoms with Crippen LogP contribution in [-0.4, -0.2) is 5.84 Å². The van der Waals surface area contributed by atoms with Crippen molar-refractivity contribution in [3.05, 3.63) is 216 Å². The average molecular weight is 668 g/mol. The van der Waals surface area contributed by atoms with Gasteiger partial charge < -0.3 is 5.32 Å². The van der Waals surface area contributed by atoms with Crippen LogP contribution in [0.25, 0.3) is 44.5 Å². The first-order valence-corrected chi connectivity index (χ1v) is 17.7. The number of rotatable bonds is 7. The minimum absolute atomic E-state index is 0.00418. The zero-order valence-corrected chi connectivity index (χ0v) is 28.8. The Labute approximate surface area is 305 Å². The number of nitrogens with zero attached hydrogens (tertiary/aromatic N) is 2. The summed E-state index contributed by atoms with van der Waals surface area (Å²) in [7, 11) is 0. The van der Waals surface area contributed by atoms with Gasteiger partial charge in [-0.15, -0.1) is 0 Å². The molecule has 1 heterocycles. The summed E-state index contributed by atoms with van der Waals surface area (Å²) >= 11 is 0. The topological polar surface area (TPSA) is 48.2 Å². The van der Waals surface area contributed by atoms with Crippen molar-refractivity contribution in [2.24, 2.45) is 4.99 Å². The highest BCUT2D eigenvalue weighted by atomic mass is 15.0. The lowest BCUT2D eigenvalue weighted by molar-refractivity contribution is 0.636. The average Bonchev–Trinajstić information content (AvgIpc) is 3.40. The molecule has 0 spiro atoms. The van der Waals surface area contributed by atoms with Crippen LogP contribution in [0.1, 0.15) is 40.8 Å². The van der Waals surface area contributed by atoms with E-state index in [1.165, 1.54) is 16.7 Å². The second-order valence-electron chi connectivity index (χ2n) is 13.2. The smallest absolute Gasteiger partial charge is 0.129 e. The molecule has 3 heteroatoms. The molecule has 0 aromatic heterocycles. The van der Waals surface area contributed by atoms with Crippen molar-refractivity contribution in [1.82, 2.24) is 5.32 Å². The van der Waals surface area contributed by atoms with E-state index < -0.39 is 6.04 Å². The minimum atomic E-state index is -0.398. The Kier molecular flexibility index (Phi) is 9.12. The molecule has 7 aromatic rings. The molecule has 2 atom stereocenters. The Balaban J connectivity index is 1.22. The first-order chi connectivity index (χ1) is 25.6. The number of nitriles is 1. The SMILES string of the molecule is C=C1CC(c2ccccc2)NC(c2ccccc2)=NC1c1cccc(-c2cccc(-c3cc(-c4ccccc4)cc(-c4ccccc4)c3)c2)c1C#N. The standard InChI is InChI=1S/C49H37N3/c1-34-28-47(37-20-10-4-11-21-37)51-49(38-22-12-5-13-23-38)52-48(34)45-27-15-26-44(46(45)33-50)40-25-14-24-39(29-40)43-31-41(35-16-6-2-7-17-35)30-42(32-43)36-18-8-3-9-19-36/h2-27,29-32,47-48H,1,28H2,(H,51,52). The molecule has 0 bridgehead atoms. The number of benzene rings is 7. The van der Waals surface area contributed by atoms with Gasteiger partial charge in [-0.05, 0) is 91.9 Å². The lowest BCUT2D eigenvalue weighted by Crippen LogP contribution is -2.28. The summed E-state index contributed by atoms with van der Waals surface area (Å²) in [6.45, 7) is 4.58. The molecule has 0 aliphatic carbocycles. The summed E-state index contributed by atoms with van der Waals surface area (Å²) in [6.07, 6.45) is 0.681. The van der Waals surface area contributed by atoms with E-state index in [1.807, 2.05) is 54.6 Å². The van der Waals surface area contributed by atoms with Crippen LogP contribution in [0.2, 0.25) is 0 Å². The number of hydrogen-bond donors (Lipinski definition) is 1. The number of amidine groups is 1. The van der Waals surface area contributed by atoms with Gasteiger partial charge in [-0.2, -0.15) is 5.26 Å². The monoisotopic (exact) mass is 667 g/mol. The fourth-order valence-corrected chi connectivity index (χ4v) is 7.20. The van der Waals surface area contributed by atoms with Crippen molar-refractivity contribution in [2.75, 3.05) is 0 Å². The van der Waals surface area contributed by atoms with E-state index in [9.17, 15) is 5.26 Å². The van der Waals surface area contributed by atoms with Crippen LogP contribution in [0.5, 0.6) is 0 Å². The van der Waals surface area contributed by atoms with Gasteiger partial charge in [0.1, 0.15) is 11.9 Å². The predicted octanol–water partition coefficient (Wildman–Crippen LogP) is 12.0. The summed E-state index contributed by atoms with van der Waals surface area (Å²) < 4.78 is 0. The third-order valence-corrected chi connectivity index (χ3v) is 9.83. The van der Waals surface area contributed by atoms with Crippen LogP contribution in [-0.2, 0) is 0 Å². The molecule has 1 N–H and O–H groups in total. The summed E-state index contributed by atoms with van der Waals surface area (Å²) in [6, 6.07) is 65.3. The normalized spacial score (nSPS) is 15.5. The Morgan fingerprint density at radius 1 is 0.519 bits per heavy atom. The maximum absolute atomic E-state index is 10.8. The van der Waals surface area contributed by atoms with Gasteiger partial charge in [0.05, 0.1) is 17.6 Å². The van der Waals surface area contributed by atoms with Crippen molar-refractivity contribution < 1.29 is 0 Å². The molecule has 0 radical (unpaired) electrons. The van der Waals surface area contributed by atoms with Crippen LogP contribution in [0.3, 0.4) is 0 Å². The summed E-state index contributed by atoms with van der Waals surface area (Å²) in [5.74, 6) is 0.793. The van der Waals surface area contributed by atoms with Crippen molar-refractivity contribution in [3.63, 3.8) is 0 Å². The third-order valence-electron chi connectivity index (χ3n) is 9.83. The van der Waals surface area contributed by atoms with Gasteiger partial charge in [-0.25, -0.2) is 0 Å². The molecule has 1 aliphatic heterocycles. The highest BCUT2D eigenvalue weighted by molar-refractivity contribution is 5.99. The molecular formula is C49H37N3. The maximum Gasteiger partial charge on any atom is 0.129 e. The van der Waals surface area contributed by atoms with Crippen molar-refractivity contribution in [3.8, 4) is 50.6 Å². The van der Waals surface area contributed by atoms with Crippen molar-refractivity contribution >= 4 is 5.84 Å². The Morgan fingerprint density at radius 3 is 1.60 bits per heavy atom. The van der Waals surface area contributed by atoms with E-state index in [-0.39, 0.29) is 6.04 Å². The van der Waals surface area contributed by atoms with Crippen LogP contribution in [0.4, 0.5) is 0 Å². The highest BCUT2D eigenvalue weighted by Gasteiger charge is 2.28. The van der Waals surface area contributed by atoms with E-state index >= 15 is 0 Å². The number of aliphatic imine (C=N–C) groups is 1. The zero-order chi connectivity index (χ0) is 35.3. The van der Waals surface area contributed by atoms with Crippen LogP contribution >= 0.6 is 0 Å². The van der Waals surface area contributed by atoms with Crippen molar-refractivity contribution in [1.29, 1.82) is 5.26 Å². The Morgan fingerprint density at radius 2 is 1.00 bits per heavy atom. The lowest BCUT2D eigenvalue weighted by atomic mass is 9.87. The third kappa shape index (κ3) is 6.71. The zero-order valence-electron chi connectivity index (χ0n) is 28.8. The Bertz CT molecular complexity index is 2370.